The number of fused-ring (bicyclic) bond motifs is 10. The third kappa shape index (κ3) is 5.56. The van der Waals surface area contributed by atoms with Gasteiger partial charge in [-0.25, -0.2) is 0 Å². The van der Waals surface area contributed by atoms with Gasteiger partial charge in [0.1, 0.15) is 0 Å². The van der Waals surface area contributed by atoms with Crippen molar-refractivity contribution in [3.05, 3.63) is 171 Å². The molecular weight excluding hydrogens is 759 g/mol. The highest BCUT2D eigenvalue weighted by Crippen LogP contribution is 2.61. The molecule has 4 aromatic carbocycles. The Balaban J connectivity index is 1.33. The zero-order valence-corrected chi connectivity index (χ0v) is 40.3. The highest BCUT2D eigenvalue weighted by Gasteiger charge is 2.56. The molecule has 0 saturated carbocycles. The fourth-order valence-electron chi connectivity index (χ4n) is 13.3. The van der Waals surface area contributed by atoms with Crippen LogP contribution in [-0.2, 0) is 16.2 Å². The number of allylic oxidation sites excluding steroid dienone is 6. The highest BCUT2D eigenvalue weighted by atomic mass is 15.2. The molecule has 0 saturated heterocycles. The van der Waals surface area contributed by atoms with Crippen molar-refractivity contribution in [1.29, 1.82) is 0 Å². The van der Waals surface area contributed by atoms with Crippen LogP contribution in [-0.4, -0.2) is 17.3 Å². The molecule has 320 valence electrons. The van der Waals surface area contributed by atoms with Gasteiger partial charge in [-0.2, -0.15) is 0 Å². The maximum atomic E-state index is 2.94. The van der Waals surface area contributed by atoms with E-state index in [1.807, 2.05) is 0 Å². The smallest absolute Gasteiger partial charge is 0.247 e. The summed E-state index contributed by atoms with van der Waals surface area (Å²) in [6.45, 7) is 32.0. The van der Waals surface area contributed by atoms with Gasteiger partial charge >= 0.3 is 0 Å². The van der Waals surface area contributed by atoms with Crippen molar-refractivity contribution < 1.29 is 0 Å². The first-order valence-electron chi connectivity index (χ1n) is 24.1. The molecule has 4 heterocycles. The van der Waals surface area contributed by atoms with Crippen molar-refractivity contribution in [2.24, 2.45) is 10.8 Å². The fraction of sp³-hybridized carbons (Fsp3) is 0.400. The lowest BCUT2D eigenvalue weighted by Gasteiger charge is -2.50. The molecule has 3 aliphatic heterocycles. The zero-order chi connectivity index (χ0) is 44.3. The molecule has 3 aliphatic carbocycles. The Morgan fingerprint density at radius 2 is 1.19 bits per heavy atom. The normalized spacial score (nSPS) is 21.5. The molecule has 0 fully saturated rings. The number of hydrogen-bond acceptors (Lipinski definition) is 1. The Kier molecular flexibility index (Phi) is 8.59. The first-order valence-corrected chi connectivity index (χ1v) is 24.1. The van der Waals surface area contributed by atoms with Crippen LogP contribution in [0, 0.1) is 10.8 Å². The second kappa shape index (κ2) is 13.3. The largest absolute Gasteiger partial charge is 0.334 e. The highest BCUT2D eigenvalue weighted by molar-refractivity contribution is 6.94. The van der Waals surface area contributed by atoms with Gasteiger partial charge in [0.25, 0.3) is 0 Å². The second-order valence-corrected chi connectivity index (χ2v) is 24.1. The number of anilines is 1. The maximum absolute atomic E-state index is 2.94. The topological polar surface area (TPSA) is 8.17 Å². The number of hydrogen-bond donors (Lipinski definition) is 0. The van der Waals surface area contributed by atoms with Crippen LogP contribution in [0.2, 0.25) is 0 Å². The lowest BCUT2D eigenvalue weighted by atomic mass is 9.31. The van der Waals surface area contributed by atoms with Crippen LogP contribution in [0.1, 0.15) is 160 Å². The van der Waals surface area contributed by atoms with Crippen LogP contribution in [0.3, 0.4) is 0 Å². The average molecular weight is 827 g/mol. The van der Waals surface area contributed by atoms with Crippen molar-refractivity contribution in [1.82, 2.24) is 4.57 Å². The molecular formula is C60H67BN2. The predicted octanol–water partition coefficient (Wildman–Crippen LogP) is 14.0. The molecule has 0 radical (unpaired) electrons. The van der Waals surface area contributed by atoms with Crippen LogP contribution in [0.4, 0.5) is 5.69 Å². The van der Waals surface area contributed by atoms with E-state index in [9.17, 15) is 0 Å². The lowest BCUT2D eigenvalue weighted by Crippen LogP contribution is -2.58. The predicted molar refractivity (Wildman–Crippen MR) is 271 cm³/mol. The van der Waals surface area contributed by atoms with Crippen LogP contribution in [0.5, 0.6) is 0 Å². The van der Waals surface area contributed by atoms with E-state index in [0.29, 0.717) is 5.92 Å². The van der Waals surface area contributed by atoms with E-state index in [-0.39, 0.29) is 40.5 Å². The molecule has 1 aromatic heterocycles. The van der Waals surface area contributed by atoms with E-state index < -0.39 is 5.41 Å². The Bertz CT molecular complexity index is 2880. The van der Waals surface area contributed by atoms with Gasteiger partial charge in [0.05, 0.1) is 12.1 Å². The van der Waals surface area contributed by atoms with Crippen LogP contribution < -0.4 is 15.8 Å². The number of benzene rings is 4. The van der Waals surface area contributed by atoms with Crippen molar-refractivity contribution >= 4 is 45.9 Å². The summed E-state index contributed by atoms with van der Waals surface area (Å²) in [7, 11) is 0. The molecule has 11 rings (SSSR count). The molecule has 3 unspecified atom stereocenters. The lowest BCUT2D eigenvalue weighted by molar-refractivity contribution is 0.320. The summed E-state index contributed by atoms with van der Waals surface area (Å²) < 4.78 is 2.88. The standard InChI is InChI=1S/C60H67BN2/c1-56(2,3)38-26-20-28-45-48(38)50-40(58(7,8)9)30-33-43-54(50)62(45)47-35-32-42(60(13,36-22-16-14-17-23-36)37-24-18-15-19-25-37)53-52(47)61(43)44-34-31-41(59(10,11)12)51-49-39(57(4,5)6)27-21-29-46(49)63(53)55(44)51/h14-25,27-28,30-34,38,46-47H,26,29,35H2,1-13H3. The molecule has 3 atom stereocenters. The van der Waals surface area contributed by atoms with E-state index in [0.717, 1.165) is 19.3 Å². The Morgan fingerprint density at radius 1 is 0.587 bits per heavy atom. The van der Waals surface area contributed by atoms with Gasteiger partial charge in [-0.3, -0.25) is 0 Å². The summed E-state index contributed by atoms with van der Waals surface area (Å²) in [6.07, 6.45) is 15.8. The van der Waals surface area contributed by atoms with E-state index in [1.54, 1.807) is 16.6 Å². The summed E-state index contributed by atoms with van der Waals surface area (Å²) in [6, 6.07) is 33.5. The van der Waals surface area contributed by atoms with E-state index in [1.165, 1.54) is 77.9 Å². The molecule has 0 amide bonds. The summed E-state index contributed by atoms with van der Waals surface area (Å²) >= 11 is 0. The molecule has 5 aromatic rings. The average Bonchev–Trinajstić information content (AvgIpc) is 3.77. The summed E-state index contributed by atoms with van der Waals surface area (Å²) in [5, 5.41) is 1.54. The van der Waals surface area contributed by atoms with Gasteiger partial charge in [-0.15, -0.1) is 0 Å². The summed E-state index contributed by atoms with van der Waals surface area (Å²) in [5.41, 5.74) is 23.4. The number of aromatic nitrogens is 1. The Morgan fingerprint density at radius 3 is 1.79 bits per heavy atom. The first kappa shape index (κ1) is 40.7. The Hall–Kier alpha value is -5.02. The fourth-order valence-corrected chi connectivity index (χ4v) is 13.3. The molecule has 6 aliphatic rings. The minimum Gasteiger partial charge on any atom is -0.334 e. The Labute approximate surface area is 378 Å². The SMILES string of the molecule is CC(C)(C)C1=C2c3c(C(C)(C)C)ccc4c3N(C3=C5B4c4ccc(C(C)(C)C)c6c7c(n(c46)C5CC=C3C(C)(c3ccccc3)c3ccccc3)C=CCC7C(C)(C)C)C2CC=C1. The van der Waals surface area contributed by atoms with Gasteiger partial charge in [0, 0.05) is 39.0 Å². The van der Waals surface area contributed by atoms with Gasteiger partial charge in [0.15, 0.2) is 0 Å². The van der Waals surface area contributed by atoms with Crippen LogP contribution >= 0.6 is 0 Å². The van der Waals surface area contributed by atoms with Crippen molar-refractivity contribution in [2.45, 2.75) is 144 Å². The van der Waals surface area contributed by atoms with Gasteiger partial charge < -0.3 is 9.47 Å². The van der Waals surface area contributed by atoms with Gasteiger partial charge in [0.2, 0.25) is 6.71 Å². The zero-order valence-electron chi connectivity index (χ0n) is 40.3. The van der Waals surface area contributed by atoms with Gasteiger partial charge in [-0.05, 0) is 121 Å². The number of nitrogens with zero attached hydrogens (tertiary/aromatic N) is 2. The third-order valence-corrected chi connectivity index (χ3v) is 16.2. The van der Waals surface area contributed by atoms with Crippen molar-refractivity contribution in [2.75, 3.05) is 4.90 Å². The van der Waals surface area contributed by atoms with E-state index in [2.05, 4.69) is 215 Å². The van der Waals surface area contributed by atoms with Crippen LogP contribution in [0.25, 0.3) is 22.6 Å². The molecule has 3 heteroatoms. The first-order chi connectivity index (χ1) is 29.7. The summed E-state index contributed by atoms with van der Waals surface area (Å²) in [4.78, 5) is 2.94. The van der Waals surface area contributed by atoms with Crippen LogP contribution in [0.15, 0.2) is 132 Å². The molecule has 0 bridgehead atoms. The molecule has 0 spiro atoms. The number of rotatable bonds is 3. The monoisotopic (exact) mass is 827 g/mol. The van der Waals surface area contributed by atoms with Gasteiger partial charge in [-0.1, -0.05) is 192 Å². The molecule has 0 N–H and O–H groups in total. The maximum Gasteiger partial charge on any atom is 0.247 e. The minimum absolute atomic E-state index is 0.00628. The summed E-state index contributed by atoms with van der Waals surface area (Å²) in [5.74, 6) is 0.432. The third-order valence-electron chi connectivity index (χ3n) is 16.2. The van der Waals surface area contributed by atoms with E-state index >= 15 is 0 Å². The minimum atomic E-state index is -0.400. The molecule has 63 heavy (non-hydrogen) atoms. The second-order valence-electron chi connectivity index (χ2n) is 24.1. The van der Waals surface area contributed by atoms with Crippen molar-refractivity contribution in [3.8, 4) is 0 Å². The molecule has 2 nitrogen and oxygen atoms in total. The quantitative estimate of drug-likeness (QED) is 0.165. The van der Waals surface area contributed by atoms with E-state index in [4.69, 9.17) is 0 Å². The van der Waals surface area contributed by atoms with Crippen molar-refractivity contribution in [3.63, 3.8) is 0 Å².